The van der Waals surface area contributed by atoms with Gasteiger partial charge >= 0.3 is 0 Å². The second kappa shape index (κ2) is 11.6. The average molecular weight is 426 g/mol. The summed E-state index contributed by atoms with van der Waals surface area (Å²) in [5, 5.41) is 13.3. The number of nitrogens with zero attached hydrogens (tertiary/aromatic N) is 1. The van der Waals surface area contributed by atoms with Crippen LogP contribution >= 0.6 is 0 Å². The molecule has 0 aromatic heterocycles. The summed E-state index contributed by atoms with van der Waals surface area (Å²) in [5.41, 5.74) is 7.28. The third kappa shape index (κ3) is 6.64. The lowest BCUT2D eigenvalue weighted by atomic mass is 9.96. The van der Waals surface area contributed by atoms with E-state index in [0.29, 0.717) is 12.1 Å². The topological polar surface area (TPSA) is 95.7 Å². The number of anilines is 1. The monoisotopic (exact) mass is 425 g/mol. The zero-order chi connectivity index (χ0) is 23.0. The van der Waals surface area contributed by atoms with Crippen LogP contribution in [0.15, 0.2) is 60.7 Å². The molecule has 0 heterocycles. The minimum atomic E-state index is -0.762. The normalized spacial score (nSPS) is 14.3. The molecule has 6 nitrogen and oxygen atoms in total. The quantitative estimate of drug-likeness (QED) is 0.515. The van der Waals surface area contributed by atoms with Crippen LogP contribution in [0.5, 0.6) is 0 Å². The lowest BCUT2D eigenvalue weighted by Crippen LogP contribution is -2.57. The number of carbonyl (C=O) groups is 2. The molecule has 0 spiro atoms. The lowest BCUT2D eigenvalue weighted by molar-refractivity contribution is -0.126. The maximum Gasteiger partial charge on any atom is 0.245 e. The molecule has 2 aromatic rings. The molecule has 0 fully saturated rings. The van der Waals surface area contributed by atoms with Crippen LogP contribution < -0.4 is 16.0 Å². The van der Waals surface area contributed by atoms with Crippen LogP contribution in [-0.4, -0.2) is 35.6 Å². The molecular formula is C25H35N3O3. The highest BCUT2D eigenvalue weighted by molar-refractivity contribution is 6.03. The number of amides is 2. The first-order chi connectivity index (χ1) is 14.8. The molecule has 31 heavy (non-hydrogen) atoms. The highest BCUT2D eigenvalue weighted by Gasteiger charge is 2.36. The summed E-state index contributed by atoms with van der Waals surface area (Å²) >= 11 is 0. The molecule has 0 saturated carbocycles. The molecule has 0 bridgehead atoms. The van der Waals surface area contributed by atoms with E-state index in [1.54, 1.807) is 0 Å². The van der Waals surface area contributed by atoms with E-state index in [1.807, 2.05) is 88.4 Å². The average Bonchev–Trinajstić information content (AvgIpc) is 2.74. The lowest BCUT2D eigenvalue weighted by Gasteiger charge is -2.36. The Morgan fingerprint density at radius 1 is 0.968 bits per heavy atom. The molecule has 6 heteroatoms. The van der Waals surface area contributed by atoms with E-state index in [0.717, 1.165) is 5.56 Å². The molecular weight excluding hydrogens is 390 g/mol. The Balaban J connectivity index is 2.44. The summed E-state index contributed by atoms with van der Waals surface area (Å²) in [6, 6.07) is 16.9. The first kappa shape index (κ1) is 24.6. The van der Waals surface area contributed by atoms with Crippen LogP contribution in [0.4, 0.5) is 5.69 Å². The molecule has 3 atom stereocenters. The summed E-state index contributed by atoms with van der Waals surface area (Å²) in [6.45, 7) is 7.73. The standard InChI is InChI=1S/C25H35N3O3/c1-17(2)15-22(24(26)30)28(20-13-9-6-10-14-20)25(31)23(18(3)4)27-21(16-29)19-11-7-5-8-12-19/h5-14,17-18,21-23,27,29H,15-16H2,1-4H3,(H2,26,30)/t21?,22-,23-/m0/s1. The van der Waals surface area contributed by atoms with Gasteiger partial charge in [-0.3, -0.25) is 19.8 Å². The number of nitrogens with two attached hydrogens (primary N) is 1. The van der Waals surface area contributed by atoms with Crippen molar-refractivity contribution in [2.75, 3.05) is 11.5 Å². The number of carbonyl (C=O) groups excluding carboxylic acids is 2. The van der Waals surface area contributed by atoms with Gasteiger partial charge in [-0.25, -0.2) is 0 Å². The van der Waals surface area contributed by atoms with Gasteiger partial charge in [-0.15, -0.1) is 0 Å². The molecule has 1 unspecified atom stereocenters. The predicted octanol–water partition coefficient (Wildman–Crippen LogP) is 3.27. The number of rotatable bonds is 11. The smallest absolute Gasteiger partial charge is 0.245 e. The Bertz CT molecular complexity index is 824. The van der Waals surface area contributed by atoms with Gasteiger partial charge in [-0.2, -0.15) is 0 Å². The van der Waals surface area contributed by atoms with E-state index in [2.05, 4.69) is 5.32 Å². The summed E-state index contributed by atoms with van der Waals surface area (Å²) < 4.78 is 0. The molecule has 2 rings (SSSR count). The number of benzene rings is 2. The van der Waals surface area contributed by atoms with Crippen molar-refractivity contribution in [2.24, 2.45) is 17.6 Å². The van der Waals surface area contributed by atoms with Crippen LogP contribution in [0.25, 0.3) is 0 Å². The van der Waals surface area contributed by atoms with Crippen molar-refractivity contribution >= 4 is 17.5 Å². The van der Waals surface area contributed by atoms with Crippen molar-refractivity contribution in [3.8, 4) is 0 Å². The molecule has 4 N–H and O–H groups in total. The number of para-hydroxylation sites is 1. The van der Waals surface area contributed by atoms with E-state index in [4.69, 9.17) is 5.73 Å². The van der Waals surface area contributed by atoms with Crippen LogP contribution in [0, 0.1) is 11.8 Å². The maximum atomic E-state index is 13.9. The number of hydrogen-bond donors (Lipinski definition) is 3. The van der Waals surface area contributed by atoms with E-state index in [9.17, 15) is 14.7 Å². The van der Waals surface area contributed by atoms with Gasteiger partial charge in [0.1, 0.15) is 6.04 Å². The zero-order valence-corrected chi connectivity index (χ0v) is 18.9. The van der Waals surface area contributed by atoms with Crippen molar-refractivity contribution in [1.82, 2.24) is 5.32 Å². The SMILES string of the molecule is CC(C)C[C@@H](C(N)=O)N(C(=O)[C@@H](NC(CO)c1ccccc1)C(C)C)c1ccccc1. The second-order valence-electron chi connectivity index (χ2n) is 8.63. The fourth-order valence-electron chi connectivity index (χ4n) is 3.70. The molecule has 0 saturated heterocycles. The number of aliphatic hydroxyl groups excluding tert-OH is 1. The Kier molecular flexibility index (Phi) is 9.21. The van der Waals surface area contributed by atoms with E-state index < -0.39 is 24.0 Å². The summed E-state index contributed by atoms with van der Waals surface area (Å²) in [7, 11) is 0. The van der Waals surface area contributed by atoms with Crippen molar-refractivity contribution < 1.29 is 14.7 Å². The zero-order valence-electron chi connectivity index (χ0n) is 18.9. The van der Waals surface area contributed by atoms with Gasteiger partial charge in [-0.05, 0) is 36.0 Å². The van der Waals surface area contributed by atoms with Crippen molar-refractivity contribution in [3.05, 3.63) is 66.2 Å². The third-order valence-corrected chi connectivity index (χ3v) is 5.30. The Labute approximate surface area is 185 Å². The molecule has 0 aliphatic carbocycles. The van der Waals surface area contributed by atoms with E-state index in [1.165, 1.54) is 4.90 Å². The Morgan fingerprint density at radius 2 is 1.52 bits per heavy atom. The van der Waals surface area contributed by atoms with Crippen LogP contribution in [-0.2, 0) is 9.59 Å². The first-order valence-electron chi connectivity index (χ1n) is 10.9. The predicted molar refractivity (Wildman–Crippen MR) is 124 cm³/mol. The van der Waals surface area contributed by atoms with E-state index >= 15 is 0 Å². The minimum Gasteiger partial charge on any atom is -0.394 e. The van der Waals surface area contributed by atoms with Gasteiger partial charge < -0.3 is 10.8 Å². The van der Waals surface area contributed by atoms with E-state index in [-0.39, 0.29) is 24.3 Å². The Morgan fingerprint density at radius 3 is 1.97 bits per heavy atom. The number of nitrogens with one attached hydrogen (secondary N) is 1. The number of aliphatic hydroxyl groups is 1. The number of hydrogen-bond acceptors (Lipinski definition) is 4. The first-order valence-corrected chi connectivity index (χ1v) is 10.9. The molecule has 2 amide bonds. The van der Waals surface area contributed by atoms with Gasteiger partial charge in [0.15, 0.2) is 0 Å². The summed E-state index contributed by atoms with van der Waals surface area (Å²) in [6.07, 6.45) is 0.461. The maximum absolute atomic E-state index is 13.9. The van der Waals surface area contributed by atoms with Crippen LogP contribution in [0.1, 0.15) is 45.7 Å². The Hall–Kier alpha value is -2.70. The van der Waals surface area contributed by atoms with Gasteiger partial charge in [-0.1, -0.05) is 76.2 Å². The summed E-state index contributed by atoms with van der Waals surface area (Å²) in [5.74, 6) is -0.671. The fraction of sp³-hybridized carbons (Fsp3) is 0.440. The van der Waals surface area contributed by atoms with Crippen molar-refractivity contribution in [3.63, 3.8) is 0 Å². The highest BCUT2D eigenvalue weighted by Crippen LogP contribution is 2.25. The molecule has 0 radical (unpaired) electrons. The third-order valence-electron chi connectivity index (χ3n) is 5.30. The molecule has 168 valence electrons. The van der Waals surface area contributed by atoms with Crippen molar-refractivity contribution in [1.29, 1.82) is 0 Å². The number of primary amides is 1. The van der Waals surface area contributed by atoms with Gasteiger partial charge in [0.05, 0.1) is 18.7 Å². The largest absolute Gasteiger partial charge is 0.394 e. The highest BCUT2D eigenvalue weighted by atomic mass is 16.3. The van der Waals surface area contributed by atoms with Gasteiger partial charge in [0.2, 0.25) is 11.8 Å². The molecule has 0 aliphatic rings. The van der Waals surface area contributed by atoms with Gasteiger partial charge in [0, 0.05) is 5.69 Å². The molecule has 0 aliphatic heterocycles. The van der Waals surface area contributed by atoms with Gasteiger partial charge in [0.25, 0.3) is 0 Å². The fourth-order valence-corrected chi connectivity index (χ4v) is 3.70. The van der Waals surface area contributed by atoms with Crippen molar-refractivity contribution in [2.45, 2.75) is 52.2 Å². The van der Waals surface area contributed by atoms with Crippen LogP contribution in [0.2, 0.25) is 0 Å². The van der Waals surface area contributed by atoms with Crippen LogP contribution in [0.3, 0.4) is 0 Å². The summed E-state index contributed by atoms with van der Waals surface area (Å²) in [4.78, 5) is 27.8. The molecule has 2 aromatic carbocycles. The minimum absolute atomic E-state index is 0.0796. The second-order valence-corrected chi connectivity index (χ2v) is 8.63.